The van der Waals surface area contributed by atoms with E-state index >= 15 is 0 Å². The Morgan fingerprint density at radius 1 is 1.38 bits per heavy atom. The van der Waals surface area contributed by atoms with Gasteiger partial charge in [-0.15, -0.1) is 0 Å². The highest BCUT2D eigenvalue weighted by atomic mass is 35.5. The van der Waals surface area contributed by atoms with Crippen LogP contribution in [0.5, 0.6) is 0 Å². The van der Waals surface area contributed by atoms with Gasteiger partial charge in [0.2, 0.25) is 0 Å². The van der Waals surface area contributed by atoms with Gasteiger partial charge in [-0.25, -0.2) is 0 Å². The van der Waals surface area contributed by atoms with Crippen LogP contribution in [0.15, 0.2) is 18.2 Å². The minimum atomic E-state index is -1.11. The van der Waals surface area contributed by atoms with Crippen molar-refractivity contribution in [1.82, 2.24) is 0 Å². The fraction of sp³-hybridized carbons (Fsp3) is 0.500. The summed E-state index contributed by atoms with van der Waals surface area (Å²) in [5.74, 6) is -0.0246. The van der Waals surface area contributed by atoms with E-state index < -0.39 is 5.60 Å². The predicted octanol–water partition coefficient (Wildman–Crippen LogP) is 3.48. The number of methoxy groups -OCH3 is 1. The Morgan fingerprint density at radius 2 is 2.00 bits per heavy atom. The molecule has 1 atom stereocenters. The first-order valence-corrected chi connectivity index (χ1v) is 5.84. The van der Waals surface area contributed by atoms with Gasteiger partial charge in [-0.2, -0.15) is 0 Å². The van der Waals surface area contributed by atoms with Crippen LogP contribution in [-0.4, -0.2) is 18.8 Å². The zero-order valence-corrected chi connectivity index (χ0v) is 11.1. The van der Waals surface area contributed by atoms with Gasteiger partial charge in [-0.3, -0.25) is 0 Å². The maximum Gasteiger partial charge on any atom is 0.117 e. The molecule has 0 fully saturated rings. The number of rotatable bonds is 4. The second-order valence-electron chi connectivity index (χ2n) is 4.14. The highest BCUT2D eigenvalue weighted by molar-refractivity contribution is 6.33. The number of hydrogen-bond donors (Lipinski definition) is 1. The Morgan fingerprint density at radius 3 is 2.50 bits per heavy atom. The molecule has 0 radical (unpaired) electrons. The molecule has 1 rings (SSSR count). The van der Waals surface area contributed by atoms with E-state index in [0.29, 0.717) is 15.6 Å². The van der Waals surface area contributed by atoms with E-state index in [-0.39, 0.29) is 12.5 Å². The number of hydrogen-bond acceptors (Lipinski definition) is 2. The van der Waals surface area contributed by atoms with Crippen LogP contribution in [0, 0.1) is 5.92 Å². The van der Waals surface area contributed by atoms with Crippen LogP contribution >= 0.6 is 23.2 Å². The molecular weight excluding hydrogens is 247 g/mol. The lowest BCUT2D eigenvalue weighted by Gasteiger charge is -2.32. The van der Waals surface area contributed by atoms with Gasteiger partial charge in [0.15, 0.2) is 0 Å². The van der Waals surface area contributed by atoms with Gasteiger partial charge in [-0.05, 0) is 24.1 Å². The molecule has 2 nitrogen and oxygen atoms in total. The summed E-state index contributed by atoms with van der Waals surface area (Å²) in [7, 11) is 1.55. The molecule has 0 aliphatic carbocycles. The summed E-state index contributed by atoms with van der Waals surface area (Å²) < 4.78 is 5.07. The SMILES string of the molecule is COCC(O)(c1cc(Cl)ccc1Cl)C(C)C. The second kappa shape index (κ2) is 5.37. The number of halogens is 2. The zero-order valence-electron chi connectivity index (χ0n) is 9.63. The van der Waals surface area contributed by atoms with Crippen LogP contribution in [0.2, 0.25) is 10.0 Å². The van der Waals surface area contributed by atoms with Gasteiger partial charge < -0.3 is 9.84 Å². The van der Waals surface area contributed by atoms with Crippen molar-refractivity contribution in [2.75, 3.05) is 13.7 Å². The van der Waals surface area contributed by atoms with Crippen molar-refractivity contribution >= 4 is 23.2 Å². The fourth-order valence-electron chi connectivity index (χ4n) is 1.60. The van der Waals surface area contributed by atoms with Crippen LogP contribution < -0.4 is 0 Å². The van der Waals surface area contributed by atoms with Crippen LogP contribution in [0.1, 0.15) is 19.4 Å². The summed E-state index contributed by atoms with van der Waals surface area (Å²) in [4.78, 5) is 0. The Balaban J connectivity index is 3.25. The third-order valence-electron chi connectivity index (χ3n) is 2.71. The summed E-state index contributed by atoms with van der Waals surface area (Å²) in [5, 5.41) is 11.6. The number of ether oxygens (including phenoxy) is 1. The van der Waals surface area contributed by atoms with E-state index in [4.69, 9.17) is 27.9 Å². The Kier molecular flexibility index (Phi) is 4.62. The maximum absolute atomic E-state index is 10.6. The normalized spacial score (nSPS) is 15.2. The molecular formula is C12H16Cl2O2. The lowest BCUT2D eigenvalue weighted by atomic mass is 9.84. The summed E-state index contributed by atoms with van der Waals surface area (Å²) in [6, 6.07) is 5.06. The molecule has 1 unspecified atom stereocenters. The third kappa shape index (κ3) is 2.69. The summed E-state index contributed by atoms with van der Waals surface area (Å²) >= 11 is 12.0. The van der Waals surface area contributed by atoms with Gasteiger partial charge in [-0.1, -0.05) is 37.0 Å². The van der Waals surface area contributed by atoms with Gasteiger partial charge in [0, 0.05) is 22.7 Å². The van der Waals surface area contributed by atoms with E-state index in [1.807, 2.05) is 13.8 Å². The largest absolute Gasteiger partial charge is 0.382 e. The molecule has 0 spiro atoms. The van der Waals surface area contributed by atoms with Gasteiger partial charge in [0.05, 0.1) is 6.61 Å². The molecule has 1 N–H and O–H groups in total. The van der Waals surface area contributed by atoms with Crippen LogP contribution in [0.3, 0.4) is 0 Å². The third-order valence-corrected chi connectivity index (χ3v) is 3.28. The van der Waals surface area contributed by atoms with Crippen LogP contribution in [0.4, 0.5) is 0 Å². The Bertz CT molecular complexity index is 366. The number of benzene rings is 1. The fourth-order valence-corrected chi connectivity index (χ4v) is 2.06. The maximum atomic E-state index is 10.6. The highest BCUT2D eigenvalue weighted by Crippen LogP contribution is 2.36. The summed E-state index contributed by atoms with van der Waals surface area (Å²) in [6.07, 6.45) is 0. The smallest absolute Gasteiger partial charge is 0.117 e. The van der Waals surface area contributed by atoms with E-state index in [1.54, 1.807) is 25.3 Å². The van der Waals surface area contributed by atoms with Gasteiger partial charge in [0.1, 0.15) is 5.60 Å². The molecule has 4 heteroatoms. The predicted molar refractivity (Wildman–Crippen MR) is 67.1 cm³/mol. The van der Waals surface area contributed by atoms with Crippen molar-refractivity contribution in [2.24, 2.45) is 5.92 Å². The average molecular weight is 263 g/mol. The minimum absolute atomic E-state index is 0.0246. The summed E-state index contributed by atoms with van der Waals surface area (Å²) in [5.41, 5.74) is -0.505. The van der Waals surface area contributed by atoms with Gasteiger partial charge >= 0.3 is 0 Å². The molecule has 1 aromatic carbocycles. The minimum Gasteiger partial charge on any atom is -0.382 e. The van der Waals surface area contributed by atoms with E-state index in [9.17, 15) is 5.11 Å². The van der Waals surface area contributed by atoms with Crippen molar-refractivity contribution in [2.45, 2.75) is 19.4 Å². The molecule has 0 heterocycles. The molecule has 0 saturated carbocycles. The molecule has 0 aromatic heterocycles. The molecule has 0 bridgehead atoms. The van der Waals surface area contributed by atoms with Crippen molar-refractivity contribution in [3.8, 4) is 0 Å². The molecule has 0 aliphatic rings. The molecule has 90 valence electrons. The molecule has 0 saturated heterocycles. The average Bonchev–Trinajstić information content (AvgIpc) is 2.21. The quantitative estimate of drug-likeness (QED) is 0.901. The lowest BCUT2D eigenvalue weighted by molar-refractivity contribution is -0.0699. The van der Waals surface area contributed by atoms with Crippen LogP contribution in [0.25, 0.3) is 0 Å². The molecule has 16 heavy (non-hydrogen) atoms. The first-order chi connectivity index (χ1) is 7.41. The zero-order chi connectivity index (χ0) is 12.3. The first-order valence-electron chi connectivity index (χ1n) is 5.08. The monoisotopic (exact) mass is 262 g/mol. The number of aliphatic hydroxyl groups is 1. The topological polar surface area (TPSA) is 29.5 Å². The van der Waals surface area contributed by atoms with E-state index in [0.717, 1.165) is 0 Å². The lowest BCUT2D eigenvalue weighted by Crippen LogP contribution is -2.37. The first kappa shape index (κ1) is 13.8. The highest BCUT2D eigenvalue weighted by Gasteiger charge is 2.35. The van der Waals surface area contributed by atoms with Crippen molar-refractivity contribution in [3.63, 3.8) is 0 Å². The second-order valence-corrected chi connectivity index (χ2v) is 4.98. The van der Waals surface area contributed by atoms with Crippen LogP contribution in [-0.2, 0) is 10.3 Å². The van der Waals surface area contributed by atoms with E-state index in [1.165, 1.54) is 0 Å². The van der Waals surface area contributed by atoms with Crippen molar-refractivity contribution in [3.05, 3.63) is 33.8 Å². The summed E-state index contributed by atoms with van der Waals surface area (Å²) in [6.45, 7) is 4.01. The van der Waals surface area contributed by atoms with Crippen molar-refractivity contribution < 1.29 is 9.84 Å². The standard InChI is InChI=1S/C12H16Cl2O2/c1-8(2)12(15,7-16-3)10-6-9(13)4-5-11(10)14/h4-6,8,15H,7H2,1-3H3. The van der Waals surface area contributed by atoms with Gasteiger partial charge in [0.25, 0.3) is 0 Å². The molecule has 0 aliphatic heterocycles. The van der Waals surface area contributed by atoms with Crippen molar-refractivity contribution in [1.29, 1.82) is 0 Å². The molecule has 1 aromatic rings. The Labute approximate surface area is 106 Å². The Hall–Kier alpha value is -0.280. The van der Waals surface area contributed by atoms with E-state index in [2.05, 4.69) is 0 Å². The molecule has 0 amide bonds.